The molecular formula is C25H30N2O5. The van der Waals surface area contributed by atoms with E-state index in [9.17, 15) is 9.90 Å². The lowest BCUT2D eigenvalue weighted by Crippen LogP contribution is -2.35. The summed E-state index contributed by atoms with van der Waals surface area (Å²) in [5, 5.41) is 12.2. The molecule has 1 unspecified atom stereocenters. The predicted molar refractivity (Wildman–Crippen MR) is 121 cm³/mol. The van der Waals surface area contributed by atoms with Gasteiger partial charge in [0.15, 0.2) is 0 Å². The van der Waals surface area contributed by atoms with Gasteiger partial charge in [-0.15, -0.1) is 0 Å². The van der Waals surface area contributed by atoms with Crippen LogP contribution >= 0.6 is 0 Å². The Hall–Kier alpha value is -3.32. The lowest BCUT2D eigenvalue weighted by Gasteiger charge is -2.23. The number of amides is 1. The van der Waals surface area contributed by atoms with Crippen molar-refractivity contribution in [2.75, 3.05) is 6.61 Å². The lowest BCUT2D eigenvalue weighted by atomic mass is 10.0. The van der Waals surface area contributed by atoms with E-state index in [1.165, 1.54) is 0 Å². The zero-order valence-corrected chi connectivity index (χ0v) is 18.9. The van der Waals surface area contributed by atoms with Crippen LogP contribution < -0.4 is 10.1 Å². The highest BCUT2D eigenvalue weighted by Gasteiger charge is 2.20. The number of rotatable bonds is 8. The van der Waals surface area contributed by atoms with Gasteiger partial charge in [-0.3, -0.25) is 0 Å². The van der Waals surface area contributed by atoms with Gasteiger partial charge in [-0.25, -0.2) is 9.78 Å². The fraction of sp³-hybridized carbons (Fsp3) is 0.360. The summed E-state index contributed by atoms with van der Waals surface area (Å²) in [5.41, 5.74) is 1.91. The summed E-state index contributed by atoms with van der Waals surface area (Å²) >= 11 is 0. The van der Waals surface area contributed by atoms with Gasteiger partial charge in [0.1, 0.15) is 29.4 Å². The van der Waals surface area contributed by atoms with E-state index in [2.05, 4.69) is 10.3 Å². The Bertz CT molecular complexity index is 1010. The van der Waals surface area contributed by atoms with Crippen molar-refractivity contribution in [1.82, 2.24) is 10.3 Å². The van der Waals surface area contributed by atoms with Crippen molar-refractivity contribution < 1.29 is 23.8 Å². The fourth-order valence-corrected chi connectivity index (χ4v) is 3.12. The van der Waals surface area contributed by atoms with Gasteiger partial charge >= 0.3 is 6.09 Å². The first-order chi connectivity index (χ1) is 15.2. The standard InChI is InChI=1S/C25H30N2O5/c1-17-22(26-23(31-17)19-8-6-5-7-9-19)16-30-20-12-10-18(11-13-20)21(14-15-28)27-24(29)32-25(2,3)4/h5-13,21,28H,14-16H2,1-4H3,(H,27,29). The minimum atomic E-state index is -0.592. The zero-order chi connectivity index (χ0) is 23.1. The minimum Gasteiger partial charge on any atom is -0.487 e. The maximum atomic E-state index is 12.1. The van der Waals surface area contributed by atoms with Crippen LogP contribution in [0.5, 0.6) is 5.75 Å². The highest BCUT2D eigenvalue weighted by Crippen LogP contribution is 2.24. The van der Waals surface area contributed by atoms with Crippen LogP contribution in [0.25, 0.3) is 11.5 Å². The van der Waals surface area contributed by atoms with Crippen LogP contribution in [0.15, 0.2) is 59.0 Å². The quantitative estimate of drug-likeness (QED) is 0.503. The summed E-state index contributed by atoms with van der Waals surface area (Å²) in [7, 11) is 0. The molecule has 0 bridgehead atoms. The molecule has 1 aromatic heterocycles. The number of aryl methyl sites for hydroxylation is 1. The number of aromatic nitrogens is 1. The molecule has 0 aliphatic heterocycles. The number of aliphatic hydroxyl groups excluding tert-OH is 1. The van der Waals surface area contributed by atoms with Crippen LogP contribution in [-0.2, 0) is 11.3 Å². The van der Waals surface area contributed by atoms with Crippen molar-refractivity contribution in [1.29, 1.82) is 0 Å². The molecular weight excluding hydrogens is 408 g/mol. The zero-order valence-electron chi connectivity index (χ0n) is 18.9. The number of nitrogens with one attached hydrogen (secondary N) is 1. The summed E-state index contributed by atoms with van der Waals surface area (Å²) in [4.78, 5) is 16.7. The molecule has 0 saturated heterocycles. The van der Waals surface area contributed by atoms with Crippen molar-refractivity contribution in [3.63, 3.8) is 0 Å². The Morgan fingerprint density at radius 2 is 1.81 bits per heavy atom. The number of nitrogens with zero attached hydrogens (tertiary/aromatic N) is 1. The number of benzene rings is 2. The molecule has 1 heterocycles. The summed E-state index contributed by atoms with van der Waals surface area (Å²) < 4.78 is 17.0. The van der Waals surface area contributed by atoms with Crippen molar-refractivity contribution in [3.05, 3.63) is 71.6 Å². The summed E-state index contributed by atoms with van der Waals surface area (Å²) in [5.74, 6) is 1.94. The average Bonchev–Trinajstić information content (AvgIpc) is 3.12. The molecule has 2 aromatic carbocycles. The van der Waals surface area contributed by atoms with Gasteiger partial charge in [-0.05, 0) is 63.9 Å². The van der Waals surface area contributed by atoms with Crippen molar-refractivity contribution >= 4 is 6.09 Å². The van der Waals surface area contributed by atoms with Crippen LogP contribution in [0.1, 0.15) is 50.3 Å². The smallest absolute Gasteiger partial charge is 0.408 e. The Labute approximate surface area is 188 Å². The highest BCUT2D eigenvalue weighted by molar-refractivity contribution is 5.68. The first kappa shape index (κ1) is 23.3. The second-order valence-corrected chi connectivity index (χ2v) is 8.46. The average molecular weight is 439 g/mol. The van der Waals surface area contributed by atoms with E-state index in [1.807, 2.05) is 61.5 Å². The van der Waals surface area contributed by atoms with Crippen LogP contribution in [0, 0.1) is 6.92 Å². The maximum Gasteiger partial charge on any atom is 0.408 e. The number of hydrogen-bond acceptors (Lipinski definition) is 6. The second-order valence-electron chi connectivity index (χ2n) is 8.46. The molecule has 3 aromatic rings. The normalized spacial score (nSPS) is 12.3. The molecule has 0 aliphatic carbocycles. The monoisotopic (exact) mass is 438 g/mol. The van der Waals surface area contributed by atoms with Crippen molar-refractivity contribution in [2.45, 2.75) is 52.4 Å². The van der Waals surface area contributed by atoms with Gasteiger partial charge in [-0.1, -0.05) is 30.3 Å². The van der Waals surface area contributed by atoms with Gasteiger partial charge in [-0.2, -0.15) is 0 Å². The molecule has 1 amide bonds. The fourth-order valence-electron chi connectivity index (χ4n) is 3.12. The molecule has 0 aliphatic rings. The topological polar surface area (TPSA) is 93.8 Å². The molecule has 3 rings (SSSR count). The molecule has 0 saturated carbocycles. The van der Waals surface area contributed by atoms with Gasteiger partial charge in [0.05, 0.1) is 6.04 Å². The van der Waals surface area contributed by atoms with Gasteiger partial charge in [0.25, 0.3) is 0 Å². The predicted octanol–water partition coefficient (Wildman–Crippen LogP) is 5.18. The third kappa shape index (κ3) is 6.59. The van der Waals surface area contributed by atoms with E-state index >= 15 is 0 Å². The van der Waals surface area contributed by atoms with Gasteiger partial charge < -0.3 is 24.3 Å². The Kier molecular flexibility index (Phi) is 7.53. The van der Waals surface area contributed by atoms with E-state index < -0.39 is 11.7 Å². The van der Waals surface area contributed by atoms with Gasteiger partial charge in [0.2, 0.25) is 5.89 Å². The first-order valence-electron chi connectivity index (χ1n) is 10.6. The molecule has 1 atom stereocenters. The number of oxazole rings is 1. The minimum absolute atomic E-state index is 0.0616. The number of carbonyl (C=O) groups excluding carboxylic acids is 1. The van der Waals surface area contributed by atoms with Crippen LogP contribution in [0.3, 0.4) is 0 Å². The number of hydrogen-bond donors (Lipinski definition) is 2. The van der Waals surface area contributed by atoms with Crippen molar-refractivity contribution in [2.24, 2.45) is 0 Å². The first-order valence-corrected chi connectivity index (χ1v) is 10.6. The third-order valence-electron chi connectivity index (χ3n) is 4.68. The van der Waals surface area contributed by atoms with Crippen LogP contribution in [-0.4, -0.2) is 28.4 Å². The lowest BCUT2D eigenvalue weighted by molar-refractivity contribution is 0.0496. The Balaban J connectivity index is 1.62. The van der Waals surface area contributed by atoms with E-state index in [0.717, 1.165) is 16.8 Å². The van der Waals surface area contributed by atoms with E-state index in [4.69, 9.17) is 13.9 Å². The summed E-state index contributed by atoms with van der Waals surface area (Å²) in [6.45, 7) is 7.49. The SMILES string of the molecule is Cc1oc(-c2ccccc2)nc1COc1ccc(C(CCO)NC(=O)OC(C)(C)C)cc1. The molecule has 0 radical (unpaired) electrons. The summed E-state index contributed by atoms with van der Waals surface area (Å²) in [6.07, 6.45) is -0.146. The van der Waals surface area contributed by atoms with Crippen LogP contribution in [0.2, 0.25) is 0 Å². The number of carbonyl (C=O) groups is 1. The maximum absolute atomic E-state index is 12.1. The summed E-state index contributed by atoms with van der Waals surface area (Å²) in [6, 6.07) is 16.7. The molecule has 7 nitrogen and oxygen atoms in total. The number of alkyl carbamates (subject to hydrolysis) is 1. The van der Waals surface area contributed by atoms with Gasteiger partial charge in [0, 0.05) is 12.2 Å². The van der Waals surface area contributed by atoms with Crippen molar-refractivity contribution in [3.8, 4) is 17.2 Å². The molecule has 2 N–H and O–H groups in total. The van der Waals surface area contributed by atoms with E-state index in [0.29, 0.717) is 23.8 Å². The van der Waals surface area contributed by atoms with E-state index in [1.54, 1.807) is 20.8 Å². The molecule has 0 fully saturated rings. The third-order valence-corrected chi connectivity index (χ3v) is 4.68. The Morgan fingerprint density at radius 1 is 1.12 bits per heavy atom. The van der Waals surface area contributed by atoms with Crippen LogP contribution in [0.4, 0.5) is 4.79 Å². The highest BCUT2D eigenvalue weighted by atomic mass is 16.6. The largest absolute Gasteiger partial charge is 0.487 e. The number of aliphatic hydroxyl groups is 1. The molecule has 7 heteroatoms. The Morgan fingerprint density at radius 3 is 2.44 bits per heavy atom. The molecule has 32 heavy (non-hydrogen) atoms. The number of ether oxygens (including phenoxy) is 2. The second kappa shape index (κ2) is 10.3. The molecule has 0 spiro atoms. The molecule has 170 valence electrons. The van der Waals surface area contributed by atoms with E-state index in [-0.39, 0.29) is 19.3 Å².